The second kappa shape index (κ2) is 2.89. The lowest BCUT2D eigenvalue weighted by Crippen LogP contribution is -2.45. The van der Waals surface area contributed by atoms with Crippen molar-refractivity contribution < 1.29 is 4.74 Å². The van der Waals surface area contributed by atoms with Gasteiger partial charge in [-0.1, -0.05) is 17.7 Å². The second-order valence-electron chi connectivity index (χ2n) is 3.67. The van der Waals surface area contributed by atoms with Crippen molar-refractivity contribution in [2.24, 2.45) is 5.73 Å². The maximum Gasteiger partial charge on any atom is 0.156 e. The Kier molecular flexibility index (Phi) is 1.97. The molecule has 0 saturated carbocycles. The number of benzene rings is 1. The van der Waals surface area contributed by atoms with Crippen LogP contribution in [-0.2, 0) is 6.42 Å². The minimum absolute atomic E-state index is 0.544. The summed E-state index contributed by atoms with van der Waals surface area (Å²) in [6.07, 6.45) is 1.81. The molecule has 1 aliphatic rings. The molecular weight excluding hydrogens is 186 g/mol. The molecular formula is C10H12ClNO. The summed E-state index contributed by atoms with van der Waals surface area (Å²) in [5.41, 5.74) is 6.52. The fourth-order valence-corrected chi connectivity index (χ4v) is 1.68. The van der Waals surface area contributed by atoms with Crippen LogP contribution in [-0.4, -0.2) is 5.72 Å². The molecule has 70 valence electrons. The van der Waals surface area contributed by atoms with Gasteiger partial charge in [-0.3, -0.25) is 5.73 Å². The number of fused-ring (bicyclic) bond motifs is 1. The summed E-state index contributed by atoms with van der Waals surface area (Å²) in [4.78, 5) is 0. The van der Waals surface area contributed by atoms with Crippen molar-refractivity contribution in [3.63, 3.8) is 0 Å². The van der Waals surface area contributed by atoms with Crippen molar-refractivity contribution in [2.45, 2.75) is 25.5 Å². The zero-order chi connectivity index (χ0) is 9.47. The number of aryl methyl sites for hydroxylation is 1. The van der Waals surface area contributed by atoms with Gasteiger partial charge in [-0.05, 0) is 31.0 Å². The van der Waals surface area contributed by atoms with E-state index in [9.17, 15) is 0 Å². The van der Waals surface area contributed by atoms with E-state index in [2.05, 4.69) is 0 Å². The van der Waals surface area contributed by atoms with Gasteiger partial charge in [0.2, 0.25) is 0 Å². The SMILES string of the molecule is CC1(N)CCc2ccc(Cl)cc2O1. The van der Waals surface area contributed by atoms with E-state index in [0.717, 1.165) is 18.6 Å². The minimum Gasteiger partial charge on any atom is -0.473 e. The standard InChI is InChI=1S/C10H12ClNO/c1-10(12)5-4-7-2-3-8(11)6-9(7)13-10/h2-3,6H,4-5,12H2,1H3. The van der Waals surface area contributed by atoms with Crippen molar-refractivity contribution in [3.05, 3.63) is 28.8 Å². The van der Waals surface area contributed by atoms with Gasteiger partial charge in [-0.15, -0.1) is 0 Å². The van der Waals surface area contributed by atoms with Crippen molar-refractivity contribution in [1.82, 2.24) is 0 Å². The van der Waals surface area contributed by atoms with Crippen LogP contribution in [0.4, 0.5) is 0 Å². The number of rotatable bonds is 0. The third-order valence-corrected chi connectivity index (χ3v) is 2.50. The molecule has 0 spiro atoms. The Labute approximate surface area is 82.6 Å². The van der Waals surface area contributed by atoms with Crippen LogP contribution in [0.3, 0.4) is 0 Å². The smallest absolute Gasteiger partial charge is 0.156 e. The van der Waals surface area contributed by atoms with Crippen molar-refractivity contribution in [2.75, 3.05) is 0 Å². The van der Waals surface area contributed by atoms with Gasteiger partial charge in [0, 0.05) is 11.4 Å². The molecule has 0 fully saturated rings. The summed E-state index contributed by atoms with van der Waals surface area (Å²) in [5, 5.41) is 0.691. The van der Waals surface area contributed by atoms with Crippen molar-refractivity contribution in [1.29, 1.82) is 0 Å². The first kappa shape index (κ1) is 8.85. The number of hydrogen-bond acceptors (Lipinski definition) is 2. The molecule has 3 heteroatoms. The van der Waals surface area contributed by atoms with Crippen LogP contribution < -0.4 is 10.5 Å². The van der Waals surface area contributed by atoms with Gasteiger partial charge in [0.1, 0.15) is 5.75 Å². The highest BCUT2D eigenvalue weighted by Gasteiger charge is 2.26. The molecule has 0 amide bonds. The van der Waals surface area contributed by atoms with Crippen LogP contribution in [0.1, 0.15) is 18.9 Å². The lowest BCUT2D eigenvalue weighted by atomic mass is 10.00. The van der Waals surface area contributed by atoms with Gasteiger partial charge < -0.3 is 4.74 Å². The lowest BCUT2D eigenvalue weighted by molar-refractivity contribution is 0.0720. The third kappa shape index (κ3) is 1.79. The summed E-state index contributed by atoms with van der Waals surface area (Å²) in [7, 11) is 0. The van der Waals surface area contributed by atoms with E-state index in [-0.39, 0.29) is 0 Å². The molecule has 0 bridgehead atoms. The highest BCUT2D eigenvalue weighted by atomic mass is 35.5. The normalized spacial score (nSPS) is 26.4. The first-order chi connectivity index (χ1) is 6.07. The van der Waals surface area contributed by atoms with Crippen LogP contribution in [0.2, 0.25) is 5.02 Å². The molecule has 0 aromatic heterocycles. The first-order valence-electron chi connectivity index (χ1n) is 4.33. The van der Waals surface area contributed by atoms with Crippen LogP contribution in [0.15, 0.2) is 18.2 Å². The quantitative estimate of drug-likeness (QED) is 0.693. The van der Waals surface area contributed by atoms with Crippen molar-refractivity contribution in [3.8, 4) is 5.75 Å². The van der Waals surface area contributed by atoms with Crippen LogP contribution in [0.5, 0.6) is 5.75 Å². The molecule has 1 aromatic rings. The summed E-state index contributed by atoms with van der Waals surface area (Å²) >= 11 is 5.85. The molecule has 0 radical (unpaired) electrons. The monoisotopic (exact) mass is 197 g/mol. The predicted octanol–water partition coefficient (Wildman–Crippen LogP) is 2.34. The van der Waals surface area contributed by atoms with Gasteiger partial charge in [0.05, 0.1) is 0 Å². The minimum atomic E-state index is -0.544. The molecule has 2 nitrogen and oxygen atoms in total. The van der Waals surface area contributed by atoms with Gasteiger partial charge in [0.25, 0.3) is 0 Å². The fourth-order valence-electron chi connectivity index (χ4n) is 1.52. The molecule has 2 N–H and O–H groups in total. The average molecular weight is 198 g/mol. The maximum atomic E-state index is 5.88. The van der Waals surface area contributed by atoms with E-state index in [0.29, 0.717) is 5.02 Å². The molecule has 1 heterocycles. The Hall–Kier alpha value is -0.730. The fraction of sp³-hybridized carbons (Fsp3) is 0.400. The lowest BCUT2D eigenvalue weighted by Gasteiger charge is -2.32. The molecule has 1 atom stereocenters. The second-order valence-corrected chi connectivity index (χ2v) is 4.10. The summed E-state index contributed by atoms with van der Waals surface area (Å²) in [6, 6.07) is 5.69. The molecule has 1 aliphatic heterocycles. The number of halogens is 1. The predicted molar refractivity (Wildman–Crippen MR) is 53.0 cm³/mol. The van der Waals surface area contributed by atoms with E-state index >= 15 is 0 Å². The summed E-state index contributed by atoms with van der Waals surface area (Å²) < 4.78 is 5.59. The van der Waals surface area contributed by atoms with Gasteiger partial charge >= 0.3 is 0 Å². The summed E-state index contributed by atoms with van der Waals surface area (Å²) in [5.74, 6) is 0.823. The molecule has 1 aromatic carbocycles. The van der Waals surface area contributed by atoms with E-state index < -0.39 is 5.72 Å². The molecule has 0 aliphatic carbocycles. The first-order valence-corrected chi connectivity index (χ1v) is 4.71. The van der Waals surface area contributed by atoms with Gasteiger partial charge in [-0.2, -0.15) is 0 Å². The molecule has 0 saturated heterocycles. The molecule has 13 heavy (non-hydrogen) atoms. The number of ether oxygens (including phenoxy) is 1. The average Bonchev–Trinajstić information content (AvgIpc) is 2.01. The highest BCUT2D eigenvalue weighted by molar-refractivity contribution is 6.30. The topological polar surface area (TPSA) is 35.2 Å². The molecule has 2 rings (SSSR count). The van der Waals surface area contributed by atoms with E-state index in [1.165, 1.54) is 5.56 Å². The Balaban J connectivity index is 2.38. The number of nitrogens with two attached hydrogens (primary N) is 1. The van der Waals surface area contributed by atoms with E-state index in [1.54, 1.807) is 0 Å². The van der Waals surface area contributed by atoms with Gasteiger partial charge in [-0.25, -0.2) is 0 Å². The molecule has 1 unspecified atom stereocenters. The zero-order valence-corrected chi connectivity index (χ0v) is 8.27. The Morgan fingerprint density at radius 3 is 3.08 bits per heavy atom. The van der Waals surface area contributed by atoms with Crippen LogP contribution in [0.25, 0.3) is 0 Å². The van der Waals surface area contributed by atoms with Crippen LogP contribution in [0, 0.1) is 0 Å². The largest absolute Gasteiger partial charge is 0.473 e. The Morgan fingerprint density at radius 2 is 2.31 bits per heavy atom. The van der Waals surface area contributed by atoms with Crippen LogP contribution >= 0.6 is 11.6 Å². The Bertz CT molecular complexity index is 336. The zero-order valence-electron chi connectivity index (χ0n) is 7.51. The highest BCUT2D eigenvalue weighted by Crippen LogP contribution is 2.32. The Morgan fingerprint density at radius 1 is 1.54 bits per heavy atom. The number of hydrogen-bond donors (Lipinski definition) is 1. The van der Waals surface area contributed by atoms with Gasteiger partial charge in [0.15, 0.2) is 5.72 Å². The third-order valence-electron chi connectivity index (χ3n) is 2.26. The van der Waals surface area contributed by atoms with Crippen molar-refractivity contribution >= 4 is 11.6 Å². The maximum absolute atomic E-state index is 5.88. The van der Waals surface area contributed by atoms with E-state index in [1.807, 2.05) is 25.1 Å². The summed E-state index contributed by atoms with van der Waals surface area (Å²) in [6.45, 7) is 1.89. The van der Waals surface area contributed by atoms with E-state index in [4.69, 9.17) is 22.1 Å².